The molecule has 2 aliphatic rings. The molecule has 4 aromatic carbocycles. The van der Waals surface area contributed by atoms with Crippen LogP contribution >= 0.6 is 0 Å². The second-order valence-electron chi connectivity index (χ2n) is 15.0. The largest absolute Gasteiger partial charge is 0.497 e. The zero-order chi connectivity index (χ0) is 33.4. The first-order valence-corrected chi connectivity index (χ1v) is 16.6. The maximum absolute atomic E-state index is 6.69. The van der Waals surface area contributed by atoms with Gasteiger partial charge in [0, 0.05) is 5.46 Å². The monoisotopic (exact) mass is 626 g/mol. The fraction of sp³-hybridized carbons (Fsp3) is 0.359. The molecule has 2 fully saturated rings. The van der Waals surface area contributed by atoms with Crippen molar-refractivity contribution in [1.29, 1.82) is 0 Å². The van der Waals surface area contributed by atoms with E-state index in [1.54, 1.807) is 0 Å². The summed E-state index contributed by atoms with van der Waals surface area (Å²) in [5.74, 6) is 0.861. The van der Waals surface area contributed by atoms with Gasteiger partial charge in [-0.3, -0.25) is 0 Å². The molecule has 0 aliphatic carbocycles. The summed E-state index contributed by atoms with van der Waals surface area (Å²) < 4.78 is 29.1. The number of nitrogens with zero attached hydrogens (tertiary/aromatic N) is 2. The molecule has 0 N–H and O–H groups in total. The minimum absolute atomic E-state index is 0.505. The summed E-state index contributed by atoms with van der Waals surface area (Å²) in [4.78, 5) is 5.34. The lowest BCUT2D eigenvalue weighted by Gasteiger charge is -2.39. The third kappa shape index (κ3) is 4.91. The molecule has 2 saturated heterocycles. The van der Waals surface area contributed by atoms with Gasteiger partial charge in [0.15, 0.2) is 0 Å². The van der Waals surface area contributed by atoms with E-state index in [0.29, 0.717) is 0 Å². The summed E-state index contributed by atoms with van der Waals surface area (Å²) >= 11 is 0. The number of aromatic nitrogens is 2. The van der Waals surface area contributed by atoms with Crippen LogP contribution in [0.3, 0.4) is 0 Å². The highest BCUT2D eigenvalue weighted by Gasteiger charge is 2.55. The average molecular weight is 626 g/mol. The molecule has 0 radical (unpaired) electrons. The van der Waals surface area contributed by atoms with Gasteiger partial charge < -0.3 is 23.2 Å². The Hall–Kier alpha value is -3.68. The average Bonchev–Trinajstić information content (AvgIpc) is 3.57. The van der Waals surface area contributed by atoms with Crippen LogP contribution in [-0.2, 0) is 24.2 Å². The van der Waals surface area contributed by atoms with Crippen LogP contribution in [0.2, 0.25) is 0 Å². The Morgan fingerprint density at radius 2 is 0.936 bits per heavy atom. The van der Waals surface area contributed by atoms with Gasteiger partial charge in [0.25, 0.3) is 0 Å². The second-order valence-corrected chi connectivity index (χ2v) is 15.0. The summed E-state index contributed by atoms with van der Waals surface area (Å²) in [6, 6.07) is 36.4. The lowest BCUT2D eigenvalue weighted by Crippen LogP contribution is -2.42. The smallest absolute Gasteiger partial charge is 0.399 e. The van der Waals surface area contributed by atoms with Crippen molar-refractivity contribution >= 4 is 36.2 Å². The van der Waals surface area contributed by atoms with Gasteiger partial charge in [-0.05, 0) is 90.5 Å². The molecule has 240 valence electrons. The molecule has 7 rings (SSSR count). The van der Waals surface area contributed by atoms with Crippen molar-refractivity contribution in [3.63, 3.8) is 0 Å². The van der Waals surface area contributed by atoms with E-state index >= 15 is 0 Å². The van der Waals surface area contributed by atoms with E-state index in [2.05, 4.69) is 170 Å². The number of rotatable bonds is 6. The van der Waals surface area contributed by atoms with E-state index in [1.165, 1.54) is 0 Å². The van der Waals surface area contributed by atoms with E-state index < -0.39 is 42.2 Å². The second kappa shape index (κ2) is 10.9. The molecule has 0 saturated carbocycles. The quantitative estimate of drug-likeness (QED) is 0.154. The van der Waals surface area contributed by atoms with Crippen LogP contribution in [0.15, 0.2) is 103 Å². The van der Waals surface area contributed by atoms with Crippen molar-refractivity contribution in [3.8, 4) is 0 Å². The molecule has 47 heavy (non-hydrogen) atoms. The minimum Gasteiger partial charge on any atom is -0.399 e. The van der Waals surface area contributed by atoms with E-state index in [-0.39, 0.29) is 0 Å². The highest BCUT2D eigenvalue weighted by atomic mass is 16.7. The van der Waals surface area contributed by atoms with Gasteiger partial charge in [-0.25, -0.2) is 4.98 Å². The van der Waals surface area contributed by atoms with Gasteiger partial charge in [0.2, 0.25) is 0 Å². The molecule has 2 aliphatic heterocycles. The van der Waals surface area contributed by atoms with Crippen LogP contribution in [0.25, 0.3) is 11.0 Å². The highest BCUT2D eigenvalue weighted by molar-refractivity contribution is 6.68. The van der Waals surface area contributed by atoms with Gasteiger partial charge >= 0.3 is 14.2 Å². The Balaban J connectivity index is 1.58. The maximum atomic E-state index is 6.69. The topological polar surface area (TPSA) is 54.7 Å². The van der Waals surface area contributed by atoms with E-state index in [1.807, 2.05) is 0 Å². The van der Waals surface area contributed by atoms with Crippen LogP contribution in [0.4, 0.5) is 0 Å². The molecule has 0 unspecified atom stereocenters. The molecular formula is C39H44B2N2O4. The Kier molecular flexibility index (Phi) is 7.41. The van der Waals surface area contributed by atoms with Gasteiger partial charge in [-0.2, -0.15) is 0 Å². The normalized spacial score (nSPS) is 19.9. The predicted octanol–water partition coefficient (Wildman–Crippen LogP) is 6.78. The fourth-order valence-electron chi connectivity index (χ4n) is 6.96. The van der Waals surface area contributed by atoms with Gasteiger partial charge in [-0.15, -0.1) is 0 Å². The third-order valence-corrected chi connectivity index (χ3v) is 10.9. The van der Waals surface area contributed by atoms with Crippen molar-refractivity contribution in [2.45, 2.75) is 90.3 Å². The third-order valence-electron chi connectivity index (χ3n) is 10.9. The molecule has 0 bridgehead atoms. The molecule has 1 aromatic heterocycles. The lowest BCUT2D eigenvalue weighted by atomic mass is 9.70. The summed E-state index contributed by atoms with van der Waals surface area (Å²) in [6.45, 7) is 18.7. The van der Waals surface area contributed by atoms with Crippen LogP contribution in [0.5, 0.6) is 0 Å². The van der Waals surface area contributed by atoms with Crippen LogP contribution < -0.4 is 10.9 Å². The zero-order valence-electron chi connectivity index (χ0n) is 29.0. The van der Waals surface area contributed by atoms with E-state index in [0.717, 1.165) is 44.5 Å². The van der Waals surface area contributed by atoms with Gasteiger partial charge in [-0.1, -0.05) is 97.1 Å². The highest BCUT2D eigenvalue weighted by Crippen LogP contribution is 2.44. The van der Waals surface area contributed by atoms with Crippen LogP contribution in [0.1, 0.15) is 77.9 Å². The molecule has 5 aromatic rings. The molecule has 0 spiro atoms. The number of fused-ring (bicyclic) bond motifs is 1. The number of hydrogen-bond donors (Lipinski definition) is 0. The van der Waals surface area contributed by atoms with Crippen LogP contribution in [-0.4, -0.2) is 46.2 Å². The Labute approximate surface area is 279 Å². The lowest BCUT2D eigenvalue weighted by molar-refractivity contribution is 0.00578. The van der Waals surface area contributed by atoms with Crippen molar-refractivity contribution in [2.75, 3.05) is 0 Å². The first-order valence-electron chi connectivity index (χ1n) is 16.6. The van der Waals surface area contributed by atoms with Crippen molar-refractivity contribution in [1.82, 2.24) is 9.55 Å². The number of hydrogen-bond acceptors (Lipinski definition) is 5. The summed E-state index contributed by atoms with van der Waals surface area (Å²) in [6.07, 6.45) is 0. The summed E-state index contributed by atoms with van der Waals surface area (Å²) in [5.41, 5.74) is 4.07. The number of aryl methyl sites for hydroxylation is 1. The van der Waals surface area contributed by atoms with E-state index in [4.69, 9.17) is 23.6 Å². The fourth-order valence-corrected chi connectivity index (χ4v) is 6.96. The molecular weight excluding hydrogens is 582 g/mol. The predicted molar refractivity (Wildman–Crippen MR) is 191 cm³/mol. The van der Waals surface area contributed by atoms with Crippen molar-refractivity contribution in [3.05, 3.63) is 126 Å². The molecule has 0 atom stereocenters. The Morgan fingerprint density at radius 3 is 1.34 bits per heavy atom. The molecule has 3 heterocycles. The summed E-state index contributed by atoms with van der Waals surface area (Å²) in [7, 11) is -1.22. The van der Waals surface area contributed by atoms with E-state index in [9.17, 15) is 0 Å². The molecule has 6 nitrogen and oxygen atoms in total. The Bertz CT molecular complexity index is 1790. The zero-order valence-corrected chi connectivity index (χ0v) is 29.0. The number of imidazole rings is 1. The standard InChI is InChI=1S/C39H44B2N2O4/c1-27-42-34-32(41-46-37(6,7)38(8,9)47-41)25-31(40-44-35(2,3)36(4,5)45-40)26-33(34)43(27)39(28-19-13-10-14-20-28,29-21-15-11-16-22-29)30-23-17-12-18-24-30/h10-26H,1-9H3. The van der Waals surface area contributed by atoms with Crippen molar-refractivity contribution < 1.29 is 18.6 Å². The first-order chi connectivity index (χ1) is 22.2. The molecule has 0 amide bonds. The SMILES string of the molecule is Cc1nc2c(B3OC(C)(C)C(C)(C)O3)cc(B3OC(C)(C)C(C)(C)O3)cc2n1C(c1ccccc1)(c1ccccc1)c1ccccc1. The summed E-state index contributed by atoms with van der Waals surface area (Å²) in [5, 5.41) is 0. The van der Waals surface area contributed by atoms with Gasteiger partial charge in [0.1, 0.15) is 11.4 Å². The van der Waals surface area contributed by atoms with Crippen molar-refractivity contribution in [2.24, 2.45) is 0 Å². The van der Waals surface area contributed by atoms with Gasteiger partial charge in [0.05, 0.1) is 33.4 Å². The maximum Gasteiger partial charge on any atom is 0.497 e. The Morgan fingerprint density at radius 1 is 0.553 bits per heavy atom. The minimum atomic E-state index is -0.760. The molecule has 8 heteroatoms. The first kappa shape index (κ1) is 31.9. The van der Waals surface area contributed by atoms with Crippen LogP contribution in [0, 0.1) is 6.92 Å². The number of benzene rings is 4.